The molecule has 1 heterocycles. The number of hydrogen-bond donors (Lipinski definition) is 1. The number of hydrogen-bond acceptors (Lipinski definition) is 2. The second kappa shape index (κ2) is 6.84. The van der Waals surface area contributed by atoms with Gasteiger partial charge in [-0.25, -0.2) is 0 Å². The van der Waals surface area contributed by atoms with Crippen molar-refractivity contribution in [3.05, 3.63) is 64.7 Å². The number of amides is 2. The molecule has 0 atom stereocenters. The van der Waals surface area contributed by atoms with Crippen molar-refractivity contribution in [1.29, 1.82) is 0 Å². The van der Waals surface area contributed by atoms with Gasteiger partial charge >= 0.3 is 11.8 Å². The van der Waals surface area contributed by atoms with E-state index in [1.54, 1.807) is 17.0 Å². The third kappa shape index (κ3) is 3.54. The molecule has 0 unspecified atom stereocenters. The standard InChI is InChI=1S/C18H17ClN2O2/c19-15-9-7-13(8-10-15)12-20-17(22)18(23)21-11-3-5-14-4-1-2-6-16(14)21/h1-2,4,6-10H,3,5,11-12H2,(H,20,22). The molecule has 0 fully saturated rings. The van der Waals surface area contributed by atoms with Crippen molar-refractivity contribution in [2.45, 2.75) is 19.4 Å². The molecule has 0 saturated carbocycles. The van der Waals surface area contributed by atoms with Crippen LogP contribution in [0.4, 0.5) is 5.69 Å². The Morgan fingerprint density at radius 1 is 1.09 bits per heavy atom. The topological polar surface area (TPSA) is 49.4 Å². The van der Waals surface area contributed by atoms with Gasteiger partial charge in [0.1, 0.15) is 0 Å². The molecule has 23 heavy (non-hydrogen) atoms. The molecule has 0 aromatic heterocycles. The zero-order chi connectivity index (χ0) is 16.2. The molecule has 2 amide bonds. The number of anilines is 1. The monoisotopic (exact) mass is 328 g/mol. The fraction of sp³-hybridized carbons (Fsp3) is 0.222. The molecule has 3 rings (SSSR count). The first-order valence-corrected chi connectivity index (χ1v) is 7.95. The van der Waals surface area contributed by atoms with E-state index in [9.17, 15) is 9.59 Å². The van der Waals surface area contributed by atoms with Crippen molar-refractivity contribution in [2.24, 2.45) is 0 Å². The lowest BCUT2D eigenvalue weighted by Crippen LogP contribution is -2.45. The smallest absolute Gasteiger partial charge is 0.316 e. The highest BCUT2D eigenvalue weighted by Crippen LogP contribution is 2.26. The van der Waals surface area contributed by atoms with Crippen LogP contribution in [0.15, 0.2) is 48.5 Å². The lowest BCUT2D eigenvalue weighted by Gasteiger charge is -2.28. The lowest BCUT2D eigenvalue weighted by atomic mass is 10.0. The molecule has 5 heteroatoms. The number of carbonyl (C=O) groups excluding carboxylic acids is 2. The normalized spacial score (nSPS) is 13.3. The van der Waals surface area contributed by atoms with E-state index in [0.717, 1.165) is 29.7 Å². The highest BCUT2D eigenvalue weighted by atomic mass is 35.5. The number of nitrogens with one attached hydrogen (secondary N) is 1. The maximum Gasteiger partial charge on any atom is 0.316 e. The van der Waals surface area contributed by atoms with Crippen LogP contribution in [0.25, 0.3) is 0 Å². The number of halogens is 1. The van der Waals surface area contributed by atoms with Crippen molar-refractivity contribution in [3.8, 4) is 0 Å². The summed E-state index contributed by atoms with van der Waals surface area (Å²) in [4.78, 5) is 26.2. The first-order chi connectivity index (χ1) is 11.1. The fourth-order valence-electron chi connectivity index (χ4n) is 2.73. The molecule has 118 valence electrons. The lowest BCUT2D eigenvalue weighted by molar-refractivity contribution is -0.137. The minimum Gasteiger partial charge on any atom is -0.344 e. The van der Waals surface area contributed by atoms with Crippen LogP contribution >= 0.6 is 11.6 Å². The second-order valence-electron chi connectivity index (χ2n) is 5.50. The molecule has 1 N–H and O–H groups in total. The van der Waals surface area contributed by atoms with Crippen LogP contribution in [0.1, 0.15) is 17.5 Å². The summed E-state index contributed by atoms with van der Waals surface area (Å²) in [5, 5.41) is 3.31. The molecule has 0 saturated heterocycles. The van der Waals surface area contributed by atoms with Gasteiger partial charge in [-0.3, -0.25) is 9.59 Å². The molecule has 0 aliphatic carbocycles. The van der Waals surface area contributed by atoms with Gasteiger partial charge in [-0.1, -0.05) is 41.9 Å². The zero-order valence-corrected chi connectivity index (χ0v) is 13.3. The van der Waals surface area contributed by atoms with E-state index in [4.69, 9.17) is 11.6 Å². The van der Waals surface area contributed by atoms with Gasteiger partial charge in [0, 0.05) is 23.8 Å². The molecule has 0 radical (unpaired) electrons. The van der Waals surface area contributed by atoms with Crippen molar-refractivity contribution in [2.75, 3.05) is 11.4 Å². The van der Waals surface area contributed by atoms with E-state index in [0.29, 0.717) is 18.1 Å². The Morgan fingerprint density at radius 2 is 1.83 bits per heavy atom. The summed E-state index contributed by atoms with van der Waals surface area (Å²) in [6, 6.07) is 14.9. The van der Waals surface area contributed by atoms with Gasteiger partial charge in [0.25, 0.3) is 0 Å². The van der Waals surface area contributed by atoms with Gasteiger partial charge in [0.2, 0.25) is 0 Å². The third-order valence-electron chi connectivity index (χ3n) is 3.92. The molecule has 1 aliphatic heterocycles. The van der Waals surface area contributed by atoms with Crippen LogP contribution in [0, 0.1) is 0 Å². The van der Waals surface area contributed by atoms with Crippen LogP contribution < -0.4 is 10.2 Å². The van der Waals surface area contributed by atoms with Crippen molar-refractivity contribution in [1.82, 2.24) is 5.32 Å². The zero-order valence-electron chi connectivity index (χ0n) is 12.6. The van der Waals surface area contributed by atoms with Crippen molar-refractivity contribution in [3.63, 3.8) is 0 Å². The summed E-state index contributed by atoms with van der Waals surface area (Å²) in [6.45, 7) is 0.876. The van der Waals surface area contributed by atoms with Crippen LogP contribution in [-0.4, -0.2) is 18.4 Å². The molecular weight excluding hydrogens is 312 g/mol. The number of nitrogens with zero attached hydrogens (tertiary/aromatic N) is 1. The summed E-state index contributed by atoms with van der Waals surface area (Å²) < 4.78 is 0. The Bertz CT molecular complexity index is 728. The van der Waals surface area contributed by atoms with E-state index in [-0.39, 0.29) is 0 Å². The molecule has 0 spiro atoms. The number of benzene rings is 2. The van der Waals surface area contributed by atoms with Crippen molar-refractivity contribution >= 4 is 29.1 Å². The van der Waals surface area contributed by atoms with Gasteiger partial charge in [0.15, 0.2) is 0 Å². The van der Waals surface area contributed by atoms with Crippen LogP contribution in [-0.2, 0) is 22.6 Å². The SMILES string of the molecule is O=C(NCc1ccc(Cl)cc1)C(=O)N1CCCc2ccccc21. The van der Waals surface area contributed by atoms with Crippen LogP contribution in [0.2, 0.25) is 5.02 Å². The van der Waals surface area contributed by atoms with Crippen molar-refractivity contribution < 1.29 is 9.59 Å². The average Bonchev–Trinajstić information content (AvgIpc) is 2.60. The highest BCUT2D eigenvalue weighted by molar-refractivity contribution is 6.40. The maximum atomic E-state index is 12.4. The summed E-state index contributed by atoms with van der Waals surface area (Å²) >= 11 is 5.83. The highest BCUT2D eigenvalue weighted by Gasteiger charge is 2.26. The summed E-state index contributed by atoms with van der Waals surface area (Å²) in [5.74, 6) is -1.09. The Kier molecular flexibility index (Phi) is 4.63. The molecule has 2 aromatic carbocycles. The minimum atomic E-state index is -0.586. The number of carbonyl (C=O) groups is 2. The third-order valence-corrected chi connectivity index (χ3v) is 4.17. The summed E-state index contributed by atoms with van der Waals surface area (Å²) in [5.41, 5.74) is 2.84. The fourth-order valence-corrected chi connectivity index (χ4v) is 2.85. The number of para-hydroxylation sites is 1. The molecule has 0 bridgehead atoms. The largest absolute Gasteiger partial charge is 0.344 e. The Labute approximate surface area is 140 Å². The Balaban J connectivity index is 1.66. The van der Waals surface area contributed by atoms with Gasteiger partial charge in [-0.15, -0.1) is 0 Å². The van der Waals surface area contributed by atoms with E-state index < -0.39 is 11.8 Å². The quantitative estimate of drug-likeness (QED) is 0.862. The molecular formula is C18H17ClN2O2. The van der Waals surface area contributed by atoms with E-state index in [1.165, 1.54) is 0 Å². The van der Waals surface area contributed by atoms with Crippen LogP contribution in [0.5, 0.6) is 0 Å². The first-order valence-electron chi connectivity index (χ1n) is 7.57. The summed E-state index contributed by atoms with van der Waals surface area (Å²) in [7, 11) is 0. The minimum absolute atomic E-state index is 0.303. The van der Waals surface area contributed by atoms with E-state index in [1.807, 2.05) is 36.4 Å². The molecule has 2 aromatic rings. The second-order valence-corrected chi connectivity index (χ2v) is 5.93. The molecule has 4 nitrogen and oxygen atoms in total. The average molecular weight is 329 g/mol. The number of rotatable bonds is 2. The predicted molar refractivity (Wildman–Crippen MR) is 90.4 cm³/mol. The van der Waals surface area contributed by atoms with Gasteiger partial charge in [-0.05, 0) is 42.2 Å². The van der Waals surface area contributed by atoms with Gasteiger partial charge < -0.3 is 10.2 Å². The Hall–Kier alpha value is -2.33. The predicted octanol–water partition coefficient (Wildman–Crippen LogP) is 2.94. The maximum absolute atomic E-state index is 12.4. The number of aryl methyl sites for hydroxylation is 1. The summed E-state index contributed by atoms with van der Waals surface area (Å²) in [6.07, 6.45) is 1.81. The first kappa shape index (κ1) is 15.6. The van der Waals surface area contributed by atoms with E-state index in [2.05, 4.69) is 5.32 Å². The van der Waals surface area contributed by atoms with Gasteiger partial charge in [0.05, 0.1) is 0 Å². The molecule has 1 aliphatic rings. The Morgan fingerprint density at radius 3 is 2.61 bits per heavy atom. The van der Waals surface area contributed by atoms with E-state index >= 15 is 0 Å². The van der Waals surface area contributed by atoms with Crippen LogP contribution in [0.3, 0.4) is 0 Å². The number of fused-ring (bicyclic) bond motifs is 1. The van der Waals surface area contributed by atoms with Gasteiger partial charge in [-0.2, -0.15) is 0 Å².